The second-order valence-electron chi connectivity index (χ2n) is 6.90. The van der Waals surface area contributed by atoms with Crippen molar-refractivity contribution in [1.82, 2.24) is 4.90 Å². The van der Waals surface area contributed by atoms with E-state index in [0.717, 1.165) is 0 Å². The van der Waals surface area contributed by atoms with Gasteiger partial charge in [-0.25, -0.2) is 8.78 Å². The lowest BCUT2D eigenvalue weighted by molar-refractivity contribution is -0.117. The number of nitrogens with zero attached hydrogens (tertiary/aromatic N) is 1. The molecule has 7 heteroatoms. The lowest BCUT2D eigenvalue weighted by atomic mass is 9.95. The molecule has 0 spiro atoms. The van der Waals surface area contributed by atoms with E-state index < -0.39 is 29.5 Å². The molecule has 3 aromatic rings. The van der Waals surface area contributed by atoms with Crippen LogP contribution in [0.25, 0.3) is 0 Å². The second kappa shape index (κ2) is 7.94. The van der Waals surface area contributed by atoms with E-state index in [4.69, 9.17) is 4.74 Å². The molecule has 0 aliphatic carbocycles. The van der Waals surface area contributed by atoms with Crippen LogP contribution in [-0.4, -0.2) is 30.4 Å². The third-order valence-corrected chi connectivity index (χ3v) is 4.97. The monoisotopic (exact) mass is 408 g/mol. The number of carbonyl (C=O) groups excluding carboxylic acids is 2. The van der Waals surface area contributed by atoms with Crippen LogP contribution in [0.3, 0.4) is 0 Å². The molecule has 3 aromatic carbocycles. The van der Waals surface area contributed by atoms with Gasteiger partial charge in [-0.05, 0) is 54.1 Å². The second-order valence-corrected chi connectivity index (χ2v) is 6.90. The van der Waals surface area contributed by atoms with E-state index in [1.165, 1.54) is 54.5 Å². The zero-order valence-electron chi connectivity index (χ0n) is 16.1. The number of anilines is 1. The minimum atomic E-state index is -0.797. The quantitative estimate of drug-likeness (QED) is 0.708. The fourth-order valence-corrected chi connectivity index (χ4v) is 3.59. The summed E-state index contributed by atoms with van der Waals surface area (Å²) in [5.41, 5.74) is 1.67. The molecule has 152 valence electrons. The maximum atomic E-state index is 14.1. The first kappa shape index (κ1) is 19.6. The molecule has 1 heterocycles. The molecule has 1 atom stereocenters. The minimum absolute atomic E-state index is 0.256. The smallest absolute Gasteiger partial charge is 0.255 e. The predicted molar refractivity (Wildman–Crippen MR) is 107 cm³/mol. The van der Waals surface area contributed by atoms with Crippen LogP contribution < -0.4 is 10.1 Å². The molecular weight excluding hydrogens is 390 g/mol. The first-order valence-corrected chi connectivity index (χ1v) is 9.26. The van der Waals surface area contributed by atoms with E-state index in [2.05, 4.69) is 5.32 Å². The van der Waals surface area contributed by atoms with Crippen LogP contribution in [0, 0.1) is 11.6 Å². The summed E-state index contributed by atoms with van der Waals surface area (Å²) in [6.45, 7) is -0.256. The number of fused-ring (bicyclic) bond motifs is 1. The number of amides is 2. The Hall–Kier alpha value is -3.74. The van der Waals surface area contributed by atoms with Crippen molar-refractivity contribution >= 4 is 17.5 Å². The molecule has 0 radical (unpaired) electrons. The van der Waals surface area contributed by atoms with Crippen molar-refractivity contribution in [1.29, 1.82) is 0 Å². The van der Waals surface area contributed by atoms with E-state index in [-0.39, 0.29) is 6.54 Å². The fraction of sp³-hybridized carbons (Fsp3) is 0.130. The maximum absolute atomic E-state index is 14.1. The zero-order chi connectivity index (χ0) is 21.3. The van der Waals surface area contributed by atoms with E-state index in [0.29, 0.717) is 28.1 Å². The molecule has 4 rings (SSSR count). The zero-order valence-corrected chi connectivity index (χ0v) is 16.1. The molecule has 30 heavy (non-hydrogen) atoms. The van der Waals surface area contributed by atoms with Gasteiger partial charge in [0.15, 0.2) is 0 Å². The Bertz CT molecular complexity index is 1120. The normalized spacial score (nSPS) is 15.8. The van der Waals surface area contributed by atoms with E-state index >= 15 is 0 Å². The minimum Gasteiger partial charge on any atom is -0.497 e. The molecule has 0 bridgehead atoms. The SMILES string of the molecule is COc1cccc(C(=O)N2CC(=O)Nc3ccc(F)cc3C2c2ccc(F)cc2)c1. The van der Waals surface area contributed by atoms with Crippen molar-refractivity contribution in [2.45, 2.75) is 6.04 Å². The molecule has 0 saturated carbocycles. The Labute approximate surface area is 171 Å². The van der Waals surface area contributed by atoms with Crippen molar-refractivity contribution in [3.63, 3.8) is 0 Å². The van der Waals surface area contributed by atoms with Crippen LogP contribution in [0.5, 0.6) is 5.75 Å². The van der Waals surface area contributed by atoms with Crippen molar-refractivity contribution in [2.24, 2.45) is 0 Å². The number of ether oxygens (including phenoxy) is 1. The van der Waals surface area contributed by atoms with Gasteiger partial charge in [0.05, 0.1) is 13.2 Å². The van der Waals surface area contributed by atoms with Gasteiger partial charge >= 0.3 is 0 Å². The summed E-state index contributed by atoms with van der Waals surface area (Å²) in [6.07, 6.45) is 0. The number of halogens is 2. The standard InChI is InChI=1S/C23H18F2N2O3/c1-30-18-4-2-3-15(11-18)23(29)27-13-21(28)26-20-10-9-17(25)12-19(20)22(27)14-5-7-16(24)8-6-14/h2-12,22H,13H2,1H3,(H,26,28). The maximum Gasteiger partial charge on any atom is 0.255 e. The highest BCUT2D eigenvalue weighted by molar-refractivity contribution is 6.01. The van der Waals surface area contributed by atoms with E-state index in [9.17, 15) is 18.4 Å². The van der Waals surface area contributed by atoms with Gasteiger partial charge in [0.1, 0.15) is 23.9 Å². The first-order chi connectivity index (χ1) is 14.5. The van der Waals surface area contributed by atoms with Gasteiger partial charge in [-0.1, -0.05) is 18.2 Å². The molecule has 1 aliphatic rings. The third-order valence-electron chi connectivity index (χ3n) is 4.97. The summed E-state index contributed by atoms with van der Waals surface area (Å²) in [5, 5.41) is 2.72. The van der Waals surface area contributed by atoms with Gasteiger partial charge in [0.2, 0.25) is 5.91 Å². The largest absolute Gasteiger partial charge is 0.497 e. The van der Waals surface area contributed by atoms with Crippen LogP contribution in [0.1, 0.15) is 27.5 Å². The lowest BCUT2D eigenvalue weighted by Gasteiger charge is -2.30. The number of benzene rings is 3. The number of hydrogen-bond donors (Lipinski definition) is 1. The Balaban J connectivity index is 1.88. The highest BCUT2D eigenvalue weighted by atomic mass is 19.1. The molecule has 0 aromatic heterocycles. The number of carbonyl (C=O) groups is 2. The number of nitrogens with one attached hydrogen (secondary N) is 1. The summed E-state index contributed by atoms with van der Waals surface area (Å²) in [7, 11) is 1.49. The summed E-state index contributed by atoms with van der Waals surface area (Å²) in [4.78, 5) is 27.3. The number of methoxy groups -OCH3 is 1. The molecule has 5 nitrogen and oxygen atoms in total. The summed E-state index contributed by atoms with van der Waals surface area (Å²) < 4.78 is 32.9. The highest BCUT2D eigenvalue weighted by Crippen LogP contribution is 2.37. The van der Waals surface area contributed by atoms with Gasteiger partial charge in [0, 0.05) is 16.8 Å². The summed E-state index contributed by atoms with van der Waals surface area (Å²) >= 11 is 0. The number of hydrogen-bond acceptors (Lipinski definition) is 3. The lowest BCUT2D eigenvalue weighted by Crippen LogP contribution is -2.39. The van der Waals surface area contributed by atoms with Gasteiger partial charge in [-0.2, -0.15) is 0 Å². The molecule has 1 N–H and O–H groups in total. The average Bonchev–Trinajstić information content (AvgIpc) is 2.89. The Morgan fingerprint density at radius 2 is 1.77 bits per heavy atom. The van der Waals surface area contributed by atoms with Gasteiger partial charge < -0.3 is 15.0 Å². The number of rotatable bonds is 3. The van der Waals surface area contributed by atoms with Crippen LogP contribution >= 0.6 is 0 Å². The Morgan fingerprint density at radius 3 is 2.50 bits per heavy atom. The van der Waals surface area contributed by atoms with Crippen molar-refractivity contribution < 1.29 is 23.1 Å². The van der Waals surface area contributed by atoms with Crippen LogP contribution in [0.4, 0.5) is 14.5 Å². The molecule has 0 saturated heterocycles. The Kier molecular flexibility index (Phi) is 5.18. The molecular formula is C23H18F2N2O3. The fourth-order valence-electron chi connectivity index (χ4n) is 3.59. The highest BCUT2D eigenvalue weighted by Gasteiger charge is 2.34. The van der Waals surface area contributed by atoms with Crippen LogP contribution in [0.15, 0.2) is 66.7 Å². The van der Waals surface area contributed by atoms with Crippen LogP contribution in [0.2, 0.25) is 0 Å². The average molecular weight is 408 g/mol. The van der Waals surface area contributed by atoms with Gasteiger partial charge in [-0.15, -0.1) is 0 Å². The molecule has 1 aliphatic heterocycles. The van der Waals surface area contributed by atoms with Crippen molar-refractivity contribution in [3.8, 4) is 5.75 Å². The first-order valence-electron chi connectivity index (χ1n) is 9.26. The van der Waals surface area contributed by atoms with Gasteiger partial charge in [0.25, 0.3) is 5.91 Å². The Morgan fingerprint density at radius 1 is 1.03 bits per heavy atom. The molecule has 0 fully saturated rings. The third kappa shape index (κ3) is 3.74. The van der Waals surface area contributed by atoms with E-state index in [1.807, 2.05) is 0 Å². The van der Waals surface area contributed by atoms with Crippen molar-refractivity contribution in [3.05, 3.63) is 95.1 Å². The summed E-state index contributed by atoms with van der Waals surface area (Å²) in [5.74, 6) is -1.30. The van der Waals surface area contributed by atoms with E-state index in [1.54, 1.807) is 24.3 Å². The topological polar surface area (TPSA) is 58.6 Å². The predicted octanol–water partition coefficient (Wildman–Crippen LogP) is 4.16. The summed E-state index contributed by atoms with van der Waals surface area (Å²) in [6, 6.07) is 15.3. The molecule has 2 amide bonds. The van der Waals surface area contributed by atoms with Crippen LogP contribution in [-0.2, 0) is 4.79 Å². The van der Waals surface area contributed by atoms with Gasteiger partial charge in [-0.3, -0.25) is 9.59 Å². The van der Waals surface area contributed by atoms with Crippen molar-refractivity contribution in [2.75, 3.05) is 19.0 Å². The molecule has 1 unspecified atom stereocenters.